The second kappa shape index (κ2) is 11.1. The molecular weight excluding hydrogens is 242 g/mol. The van der Waals surface area contributed by atoms with Crippen molar-refractivity contribution in [2.45, 2.75) is 64.4 Å². The first-order chi connectivity index (χ1) is 8.86. The number of ether oxygens (including phenoxy) is 1. The minimum atomic E-state index is 0.486. The number of hydrogen-bond donors (Lipinski definition) is 1. The third-order valence-corrected chi connectivity index (χ3v) is 4.13. The molecule has 1 atom stereocenters. The highest BCUT2D eigenvalue weighted by atomic mass is 32.1. The summed E-state index contributed by atoms with van der Waals surface area (Å²) in [7, 11) is 0. The molecule has 0 aromatic heterocycles. The van der Waals surface area contributed by atoms with Crippen LogP contribution in [0.5, 0.6) is 0 Å². The van der Waals surface area contributed by atoms with E-state index in [1.807, 2.05) is 0 Å². The number of morpholine rings is 1. The minimum absolute atomic E-state index is 0.486. The molecule has 108 valence electrons. The van der Waals surface area contributed by atoms with Crippen LogP contribution in [-0.4, -0.2) is 43.0 Å². The van der Waals surface area contributed by atoms with E-state index in [9.17, 15) is 0 Å². The average molecular weight is 273 g/mol. The zero-order chi connectivity index (χ0) is 13.1. The van der Waals surface area contributed by atoms with Crippen LogP contribution in [0.3, 0.4) is 0 Å². The lowest BCUT2D eigenvalue weighted by molar-refractivity contribution is -0.0299. The number of thiol groups is 1. The van der Waals surface area contributed by atoms with E-state index in [1.54, 1.807) is 0 Å². The molecule has 1 fully saturated rings. The van der Waals surface area contributed by atoms with Crippen LogP contribution in [0.15, 0.2) is 0 Å². The summed E-state index contributed by atoms with van der Waals surface area (Å²) >= 11 is 4.24. The van der Waals surface area contributed by atoms with Crippen molar-refractivity contribution in [1.82, 2.24) is 4.90 Å². The van der Waals surface area contributed by atoms with Crippen molar-refractivity contribution in [3.05, 3.63) is 0 Å². The van der Waals surface area contributed by atoms with Gasteiger partial charge in [-0.1, -0.05) is 39.0 Å². The summed E-state index contributed by atoms with van der Waals surface area (Å²) in [5.74, 6) is 1.05. The van der Waals surface area contributed by atoms with Gasteiger partial charge in [-0.05, 0) is 31.6 Å². The fraction of sp³-hybridized carbons (Fsp3) is 1.00. The Bertz CT molecular complexity index is 189. The molecule has 0 N–H and O–H groups in total. The molecule has 0 spiro atoms. The molecule has 1 rings (SSSR count). The van der Waals surface area contributed by atoms with Gasteiger partial charge in [-0.2, -0.15) is 12.6 Å². The van der Waals surface area contributed by atoms with Gasteiger partial charge in [-0.25, -0.2) is 0 Å². The number of rotatable bonds is 10. The quantitative estimate of drug-likeness (QED) is 0.481. The van der Waals surface area contributed by atoms with Gasteiger partial charge in [0.05, 0.1) is 12.7 Å². The van der Waals surface area contributed by atoms with Crippen molar-refractivity contribution in [1.29, 1.82) is 0 Å². The van der Waals surface area contributed by atoms with Gasteiger partial charge in [0.25, 0.3) is 0 Å². The molecule has 2 nitrogen and oxygen atoms in total. The van der Waals surface area contributed by atoms with Gasteiger partial charge in [0, 0.05) is 13.1 Å². The van der Waals surface area contributed by atoms with Gasteiger partial charge in [0.1, 0.15) is 0 Å². The molecule has 18 heavy (non-hydrogen) atoms. The highest BCUT2D eigenvalue weighted by Crippen LogP contribution is 2.11. The van der Waals surface area contributed by atoms with Crippen LogP contribution in [-0.2, 0) is 4.74 Å². The van der Waals surface area contributed by atoms with Crippen LogP contribution in [0.4, 0.5) is 0 Å². The molecule has 0 aliphatic carbocycles. The first-order valence-electron chi connectivity index (χ1n) is 7.81. The van der Waals surface area contributed by atoms with Gasteiger partial charge < -0.3 is 4.74 Å². The summed E-state index contributed by atoms with van der Waals surface area (Å²) in [4.78, 5) is 2.58. The molecule has 0 amide bonds. The van der Waals surface area contributed by atoms with Gasteiger partial charge >= 0.3 is 0 Å². The van der Waals surface area contributed by atoms with Crippen LogP contribution < -0.4 is 0 Å². The Kier molecular flexibility index (Phi) is 10.1. The Morgan fingerprint density at radius 2 is 1.72 bits per heavy atom. The fourth-order valence-electron chi connectivity index (χ4n) is 2.56. The zero-order valence-electron chi connectivity index (χ0n) is 12.1. The van der Waals surface area contributed by atoms with Crippen molar-refractivity contribution in [2.75, 3.05) is 32.0 Å². The van der Waals surface area contributed by atoms with Crippen LogP contribution in [0.1, 0.15) is 58.3 Å². The molecule has 0 radical (unpaired) electrons. The first kappa shape index (κ1) is 16.3. The Balaban J connectivity index is 1.88. The number of nitrogens with zero attached hydrogens (tertiary/aromatic N) is 1. The van der Waals surface area contributed by atoms with Crippen LogP contribution >= 0.6 is 12.6 Å². The summed E-state index contributed by atoms with van der Waals surface area (Å²) in [5.41, 5.74) is 0. The third-order valence-electron chi connectivity index (χ3n) is 3.81. The SMILES string of the molecule is CCC1CN(CCCCCCCCCS)CCO1. The van der Waals surface area contributed by atoms with E-state index in [4.69, 9.17) is 4.74 Å². The largest absolute Gasteiger partial charge is 0.376 e. The topological polar surface area (TPSA) is 12.5 Å². The maximum atomic E-state index is 5.69. The molecular formula is C15H31NOS. The maximum absolute atomic E-state index is 5.69. The highest BCUT2D eigenvalue weighted by Gasteiger charge is 2.17. The minimum Gasteiger partial charge on any atom is -0.376 e. The van der Waals surface area contributed by atoms with Gasteiger partial charge in [-0.3, -0.25) is 4.90 Å². The smallest absolute Gasteiger partial charge is 0.0700 e. The fourth-order valence-corrected chi connectivity index (χ4v) is 2.79. The van der Waals surface area contributed by atoms with E-state index in [0.29, 0.717) is 6.10 Å². The second-order valence-corrected chi connectivity index (χ2v) is 5.85. The predicted molar refractivity (Wildman–Crippen MR) is 82.6 cm³/mol. The lowest BCUT2D eigenvalue weighted by Gasteiger charge is -2.32. The highest BCUT2D eigenvalue weighted by molar-refractivity contribution is 7.80. The number of unbranched alkanes of at least 4 members (excludes halogenated alkanes) is 6. The Morgan fingerprint density at radius 3 is 2.39 bits per heavy atom. The lowest BCUT2D eigenvalue weighted by atomic mass is 10.1. The van der Waals surface area contributed by atoms with Gasteiger partial charge in [0.2, 0.25) is 0 Å². The Morgan fingerprint density at radius 1 is 1.06 bits per heavy atom. The van der Waals surface area contributed by atoms with Crippen molar-refractivity contribution in [3.63, 3.8) is 0 Å². The number of hydrogen-bond acceptors (Lipinski definition) is 3. The zero-order valence-corrected chi connectivity index (χ0v) is 13.0. The first-order valence-corrected chi connectivity index (χ1v) is 8.45. The predicted octanol–water partition coefficient (Wildman–Crippen LogP) is 3.76. The molecule has 1 aliphatic heterocycles. The van der Waals surface area contributed by atoms with Gasteiger partial charge in [0.15, 0.2) is 0 Å². The van der Waals surface area contributed by atoms with Crippen molar-refractivity contribution in [2.24, 2.45) is 0 Å². The van der Waals surface area contributed by atoms with E-state index >= 15 is 0 Å². The lowest BCUT2D eigenvalue weighted by Crippen LogP contribution is -2.42. The van der Waals surface area contributed by atoms with E-state index in [0.717, 1.165) is 31.9 Å². The Hall–Kier alpha value is 0.270. The molecule has 1 unspecified atom stereocenters. The van der Waals surface area contributed by atoms with Crippen molar-refractivity contribution < 1.29 is 4.74 Å². The molecule has 0 aromatic rings. The van der Waals surface area contributed by atoms with Crippen LogP contribution in [0, 0.1) is 0 Å². The third kappa shape index (κ3) is 7.65. The summed E-state index contributed by atoms with van der Waals surface area (Å²) in [5, 5.41) is 0. The summed E-state index contributed by atoms with van der Waals surface area (Å²) in [6.07, 6.45) is 11.3. The van der Waals surface area contributed by atoms with Gasteiger partial charge in [-0.15, -0.1) is 0 Å². The molecule has 0 bridgehead atoms. The molecule has 1 aliphatic rings. The summed E-state index contributed by atoms with van der Waals surface area (Å²) < 4.78 is 5.69. The maximum Gasteiger partial charge on any atom is 0.0700 e. The summed E-state index contributed by atoms with van der Waals surface area (Å²) in [6.45, 7) is 6.72. The molecule has 1 heterocycles. The van der Waals surface area contributed by atoms with E-state index in [2.05, 4.69) is 24.5 Å². The van der Waals surface area contributed by atoms with Crippen molar-refractivity contribution in [3.8, 4) is 0 Å². The van der Waals surface area contributed by atoms with Crippen LogP contribution in [0.2, 0.25) is 0 Å². The monoisotopic (exact) mass is 273 g/mol. The van der Waals surface area contributed by atoms with Crippen LogP contribution in [0.25, 0.3) is 0 Å². The molecule has 1 saturated heterocycles. The average Bonchev–Trinajstić information content (AvgIpc) is 2.42. The standard InChI is InChI=1S/C15H31NOS/c1-2-15-14-16(11-12-17-15)10-8-6-4-3-5-7-9-13-18/h15,18H,2-14H2,1H3. The normalized spacial score (nSPS) is 21.3. The van der Waals surface area contributed by atoms with E-state index in [-0.39, 0.29) is 0 Å². The van der Waals surface area contributed by atoms with E-state index in [1.165, 1.54) is 51.5 Å². The second-order valence-electron chi connectivity index (χ2n) is 5.40. The summed E-state index contributed by atoms with van der Waals surface area (Å²) in [6, 6.07) is 0. The van der Waals surface area contributed by atoms with E-state index < -0.39 is 0 Å². The molecule has 3 heteroatoms. The van der Waals surface area contributed by atoms with Crippen molar-refractivity contribution >= 4 is 12.6 Å². The Labute approximate surface area is 119 Å². The molecule has 0 aromatic carbocycles. The molecule has 0 saturated carbocycles.